The fourth-order valence-corrected chi connectivity index (χ4v) is 3.09. The van der Waals surface area contributed by atoms with Gasteiger partial charge in [0.05, 0.1) is 7.11 Å². The molecule has 2 atom stereocenters. The maximum Gasteiger partial charge on any atom is 0.412 e. The van der Waals surface area contributed by atoms with Gasteiger partial charge in [-0.15, -0.1) is 11.8 Å². The zero-order valence-corrected chi connectivity index (χ0v) is 17.6. The Bertz CT molecular complexity index is 901. The number of phenolic OH excluding ortho intramolecular Hbond substituents is 1. The summed E-state index contributed by atoms with van der Waals surface area (Å²) in [5.74, 6) is -1.00. The van der Waals surface area contributed by atoms with Gasteiger partial charge in [0.15, 0.2) is 11.5 Å². The topological polar surface area (TPSA) is 117 Å². The molecule has 0 heterocycles. The number of hydroxylamine groups is 1. The van der Waals surface area contributed by atoms with Crippen LogP contribution in [0, 0.1) is 5.92 Å². The summed E-state index contributed by atoms with van der Waals surface area (Å²) in [6.07, 6.45) is 3.05. The lowest BCUT2D eigenvalue weighted by Crippen LogP contribution is -2.22. The maximum absolute atomic E-state index is 12.5. The summed E-state index contributed by atoms with van der Waals surface area (Å²) in [5, 5.41) is 21.4. The number of nitrogens with one attached hydrogen (secondary N) is 2. The van der Waals surface area contributed by atoms with Gasteiger partial charge in [-0.3, -0.25) is 15.3 Å². The molecule has 0 spiro atoms. The van der Waals surface area contributed by atoms with Gasteiger partial charge < -0.3 is 14.6 Å². The van der Waals surface area contributed by atoms with Gasteiger partial charge >= 0.3 is 6.09 Å². The van der Waals surface area contributed by atoms with Crippen LogP contribution in [0.4, 0.5) is 10.5 Å². The number of benzene rings is 2. The van der Waals surface area contributed by atoms with Crippen molar-refractivity contribution in [1.29, 1.82) is 0 Å². The van der Waals surface area contributed by atoms with E-state index < -0.39 is 24.0 Å². The van der Waals surface area contributed by atoms with Gasteiger partial charge in [-0.25, -0.2) is 10.3 Å². The fourth-order valence-electron chi connectivity index (χ4n) is 2.68. The number of hydrogen-bond donors (Lipinski definition) is 4. The molecule has 0 unspecified atom stereocenters. The van der Waals surface area contributed by atoms with Gasteiger partial charge in [-0.05, 0) is 48.2 Å². The van der Waals surface area contributed by atoms with E-state index in [-0.39, 0.29) is 11.5 Å². The Kier molecular flexibility index (Phi) is 8.57. The summed E-state index contributed by atoms with van der Waals surface area (Å²) in [6.45, 7) is 1.73. The van der Waals surface area contributed by atoms with Gasteiger partial charge in [0.2, 0.25) is 0 Å². The molecule has 0 bridgehead atoms. The average molecular weight is 432 g/mol. The Hall–Kier alpha value is -3.17. The molecular weight excluding hydrogens is 408 g/mol. The monoisotopic (exact) mass is 432 g/mol. The van der Waals surface area contributed by atoms with Crippen molar-refractivity contribution in [3.8, 4) is 11.5 Å². The zero-order valence-electron chi connectivity index (χ0n) is 16.8. The van der Waals surface area contributed by atoms with Gasteiger partial charge in [0.1, 0.15) is 6.10 Å². The predicted octanol–water partition coefficient (Wildman–Crippen LogP) is 4.11. The number of amides is 2. The standard InChI is InChI=1S/C21H24N2O6S/c1-13(4-11-19(25)23-27)20(14-5-10-18(28-2)17(24)12-14)29-21(26)22-15-6-8-16(30-3)9-7-15/h4-13,20,24,27H,1-3H3,(H,22,26)(H,23,25)/b11-4+/t13-,20+/m0/s1. The lowest BCUT2D eigenvalue weighted by molar-refractivity contribution is -0.124. The molecular formula is C21H24N2O6S. The number of carbonyl (C=O) groups is 2. The largest absolute Gasteiger partial charge is 0.504 e. The Labute approximate surface area is 178 Å². The molecule has 160 valence electrons. The number of phenols is 1. The van der Waals surface area contributed by atoms with Crippen molar-refractivity contribution < 1.29 is 29.4 Å². The number of rotatable bonds is 8. The second kappa shape index (κ2) is 11.1. The van der Waals surface area contributed by atoms with Crippen LogP contribution in [0.3, 0.4) is 0 Å². The van der Waals surface area contributed by atoms with Crippen LogP contribution >= 0.6 is 11.8 Å². The first kappa shape index (κ1) is 23.1. The number of aromatic hydroxyl groups is 1. The van der Waals surface area contributed by atoms with Gasteiger partial charge in [0.25, 0.3) is 5.91 Å². The van der Waals surface area contributed by atoms with Crippen molar-refractivity contribution in [2.24, 2.45) is 5.92 Å². The van der Waals surface area contributed by atoms with E-state index in [1.54, 1.807) is 43.0 Å². The SMILES string of the molecule is COc1ccc([C@H](OC(=O)Nc2ccc(SC)cc2)[C@@H](C)/C=C/C(=O)NO)cc1O. The average Bonchev–Trinajstić information content (AvgIpc) is 2.76. The third-order valence-corrected chi connectivity index (χ3v) is 4.98. The molecule has 0 aliphatic rings. The fraction of sp³-hybridized carbons (Fsp3) is 0.238. The molecule has 0 aliphatic carbocycles. The van der Waals surface area contributed by atoms with Crippen molar-refractivity contribution in [3.05, 3.63) is 60.2 Å². The second-order valence-corrected chi connectivity index (χ2v) is 7.18. The lowest BCUT2D eigenvalue weighted by atomic mass is 9.96. The summed E-state index contributed by atoms with van der Waals surface area (Å²) in [6, 6.07) is 11.9. The zero-order chi connectivity index (χ0) is 22.1. The summed E-state index contributed by atoms with van der Waals surface area (Å²) in [4.78, 5) is 24.8. The highest BCUT2D eigenvalue weighted by molar-refractivity contribution is 7.98. The molecule has 30 heavy (non-hydrogen) atoms. The first-order chi connectivity index (χ1) is 14.4. The Morgan fingerprint density at radius 3 is 2.43 bits per heavy atom. The normalized spacial score (nSPS) is 12.8. The van der Waals surface area contributed by atoms with Crippen LogP contribution < -0.4 is 15.5 Å². The first-order valence-electron chi connectivity index (χ1n) is 8.98. The Morgan fingerprint density at radius 2 is 1.87 bits per heavy atom. The van der Waals surface area contributed by atoms with E-state index in [0.717, 1.165) is 11.0 Å². The minimum absolute atomic E-state index is 0.110. The van der Waals surface area contributed by atoms with Crippen LogP contribution in [0.1, 0.15) is 18.6 Å². The number of anilines is 1. The first-order valence-corrected chi connectivity index (χ1v) is 10.2. The molecule has 2 aromatic rings. The molecule has 0 aromatic heterocycles. The molecule has 9 heteroatoms. The van der Waals surface area contributed by atoms with Crippen molar-refractivity contribution in [2.45, 2.75) is 17.9 Å². The van der Waals surface area contributed by atoms with Crippen LogP contribution in [0.25, 0.3) is 0 Å². The summed E-state index contributed by atoms with van der Waals surface area (Å²) < 4.78 is 10.6. The minimum Gasteiger partial charge on any atom is -0.504 e. The Morgan fingerprint density at radius 1 is 1.17 bits per heavy atom. The van der Waals surface area contributed by atoms with E-state index in [0.29, 0.717) is 11.3 Å². The molecule has 4 N–H and O–H groups in total. The van der Waals surface area contributed by atoms with E-state index in [1.807, 2.05) is 18.4 Å². The number of methoxy groups -OCH3 is 1. The number of thioether (sulfide) groups is 1. The molecule has 0 aliphatic heterocycles. The van der Waals surface area contributed by atoms with Crippen molar-refractivity contribution in [3.63, 3.8) is 0 Å². The van der Waals surface area contributed by atoms with Gasteiger partial charge in [-0.1, -0.05) is 19.1 Å². The maximum atomic E-state index is 12.5. The van der Waals surface area contributed by atoms with Crippen LogP contribution in [0.5, 0.6) is 11.5 Å². The van der Waals surface area contributed by atoms with Crippen molar-refractivity contribution in [2.75, 3.05) is 18.7 Å². The van der Waals surface area contributed by atoms with Crippen molar-refractivity contribution >= 4 is 29.4 Å². The van der Waals surface area contributed by atoms with Crippen LogP contribution in [0.2, 0.25) is 0 Å². The highest BCUT2D eigenvalue weighted by atomic mass is 32.2. The van der Waals surface area contributed by atoms with Crippen molar-refractivity contribution in [1.82, 2.24) is 5.48 Å². The molecule has 2 aromatic carbocycles. The molecule has 0 saturated carbocycles. The number of hydrogen-bond acceptors (Lipinski definition) is 7. The van der Waals surface area contributed by atoms with E-state index in [1.165, 1.54) is 24.7 Å². The lowest BCUT2D eigenvalue weighted by Gasteiger charge is -2.23. The van der Waals surface area contributed by atoms with Crippen LogP contribution in [0.15, 0.2) is 59.5 Å². The third-order valence-electron chi connectivity index (χ3n) is 4.24. The van der Waals surface area contributed by atoms with E-state index in [9.17, 15) is 14.7 Å². The predicted molar refractivity (Wildman–Crippen MR) is 114 cm³/mol. The summed E-state index contributed by atoms with van der Waals surface area (Å²) in [5.41, 5.74) is 2.57. The molecule has 0 radical (unpaired) electrons. The second-order valence-electron chi connectivity index (χ2n) is 6.30. The third kappa shape index (κ3) is 6.43. The van der Waals surface area contributed by atoms with E-state index >= 15 is 0 Å². The van der Waals surface area contributed by atoms with Crippen LogP contribution in [-0.2, 0) is 9.53 Å². The van der Waals surface area contributed by atoms with E-state index in [2.05, 4.69) is 5.32 Å². The van der Waals surface area contributed by atoms with Gasteiger partial charge in [-0.2, -0.15) is 0 Å². The highest BCUT2D eigenvalue weighted by Crippen LogP contribution is 2.34. The molecule has 2 amide bonds. The Balaban J connectivity index is 2.23. The quantitative estimate of drug-likeness (QED) is 0.215. The number of ether oxygens (including phenoxy) is 2. The van der Waals surface area contributed by atoms with Gasteiger partial charge in [0, 0.05) is 22.6 Å². The molecule has 8 nitrogen and oxygen atoms in total. The summed E-state index contributed by atoms with van der Waals surface area (Å²) >= 11 is 1.59. The number of carbonyl (C=O) groups excluding carboxylic acids is 2. The molecule has 0 saturated heterocycles. The molecule has 2 rings (SSSR count). The minimum atomic E-state index is -0.824. The smallest absolute Gasteiger partial charge is 0.412 e. The highest BCUT2D eigenvalue weighted by Gasteiger charge is 2.24. The van der Waals surface area contributed by atoms with E-state index in [4.69, 9.17) is 14.7 Å². The van der Waals surface area contributed by atoms with Crippen LogP contribution in [-0.4, -0.2) is 35.7 Å². The summed E-state index contributed by atoms with van der Waals surface area (Å²) in [7, 11) is 1.43. The molecule has 0 fully saturated rings.